The highest BCUT2D eigenvalue weighted by molar-refractivity contribution is 6.03. The van der Waals surface area contributed by atoms with Crippen molar-refractivity contribution >= 4 is 16.9 Å². The highest BCUT2D eigenvalue weighted by atomic mass is 16.4. The van der Waals surface area contributed by atoms with Crippen LogP contribution in [0.15, 0.2) is 28.7 Å². The Morgan fingerprint density at radius 2 is 2.12 bits per heavy atom. The van der Waals surface area contributed by atoms with Crippen LogP contribution in [0.25, 0.3) is 11.0 Å². The van der Waals surface area contributed by atoms with Gasteiger partial charge in [0.1, 0.15) is 16.9 Å². The van der Waals surface area contributed by atoms with Crippen LogP contribution in [0.1, 0.15) is 30.0 Å². The molecular weight excluding hydrogens is 218 g/mol. The van der Waals surface area contributed by atoms with Crippen LogP contribution in [0.2, 0.25) is 0 Å². The van der Waals surface area contributed by atoms with E-state index in [4.69, 9.17) is 4.42 Å². The Hall–Kier alpha value is -1.81. The van der Waals surface area contributed by atoms with Crippen LogP contribution in [0, 0.1) is 0 Å². The minimum Gasteiger partial charge on any atom is -0.478 e. The smallest absolute Gasteiger partial charge is 0.339 e. The van der Waals surface area contributed by atoms with Gasteiger partial charge in [0, 0.05) is 11.4 Å². The van der Waals surface area contributed by atoms with Gasteiger partial charge in [-0.05, 0) is 6.07 Å². The normalized spacial score (nSPS) is 11.2. The third-order valence-corrected chi connectivity index (χ3v) is 2.55. The van der Waals surface area contributed by atoms with Crippen LogP contribution in [-0.4, -0.2) is 17.1 Å². The number of para-hydroxylation sites is 1. The third-order valence-electron chi connectivity index (χ3n) is 2.55. The lowest BCUT2D eigenvalue weighted by atomic mass is 10.1. The van der Waals surface area contributed by atoms with Gasteiger partial charge >= 0.3 is 5.97 Å². The van der Waals surface area contributed by atoms with Crippen molar-refractivity contribution in [2.24, 2.45) is 0 Å². The fourth-order valence-electron chi connectivity index (χ4n) is 1.75. The molecule has 0 unspecified atom stereocenters. The molecule has 0 amide bonds. The van der Waals surface area contributed by atoms with Crippen molar-refractivity contribution in [2.45, 2.75) is 26.4 Å². The Balaban J connectivity index is 2.46. The summed E-state index contributed by atoms with van der Waals surface area (Å²) in [4.78, 5) is 11.3. The monoisotopic (exact) mass is 233 g/mol. The molecule has 1 heterocycles. The van der Waals surface area contributed by atoms with Crippen molar-refractivity contribution in [1.82, 2.24) is 5.32 Å². The summed E-state index contributed by atoms with van der Waals surface area (Å²) in [5.41, 5.74) is 0.874. The molecule has 4 heteroatoms. The molecule has 2 rings (SSSR count). The van der Waals surface area contributed by atoms with Crippen LogP contribution >= 0.6 is 0 Å². The van der Waals surface area contributed by atoms with E-state index in [2.05, 4.69) is 5.32 Å². The van der Waals surface area contributed by atoms with Crippen molar-refractivity contribution in [3.8, 4) is 0 Å². The van der Waals surface area contributed by atoms with Crippen LogP contribution in [0.3, 0.4) is 0 Å². The number of rotatable bonds is 4. The standard InChI is InChI=1S/C13H15NO3/c1-8(2)14-7-11-12(13(15)16)9-5-3-4-6-10(9)17-11/h3-6,8,14H,7H2,1-2H3,(H,15,16). The SMILES string of the molecule is CC(C)NCc1oc2ccccc2c1C(=O)O. The molecule has 0 atom stereocenters. The zero-order chi connectivity index (χ0) is 12.4. The third kappa shape index (κ3) is 2.31. The van der Waals surface area contributed by atoms with Crippen LogP contribution in [0.5, 0.6) is 0 Å². The number of aromatic carboxylic acids is 1. The van der Waals surface area contributed by atoms with Gasteiger partial charge in [0.25, 0.3) is 0 Å². The first-order valence-corrected chi connectivity index (χ1v) is 5.56. The molecule has 0 saturated heterocycles. The van der Waals surface area contributed by atoms with Gasteiger partial charge in [-0.15, -0.1) is 0 Å². The summed E-state index contributed by atoms with van der Waals surface area (Å²) in [7, 11) is 0. The number of nitrogens with one attached hydrogen (secondary N) is 1. The molecule has 0 aliphatic heterocycles. The van der Waals surface area contributed by atoms with Crippen molar-refractivity contribution in [2.75, 3.05) is 0 Å². The summed E-state index contributed by atoms with van der Waals surface area (Å²) in [6.07, 6.45) is 0. The zero-order valence-corrected chi connectivity index (χ0v) is 9.86. The predicted molar refractivity (Wildman–Crippen MR) is 65.1 cm³/mol. The first-order chi connectivity index (χ1) is 8.09. The highest BCUT2D eigenvalue weighted by Gasteiger charge is 2.19. The Kier molecular flexibility index (Phi) is 3.15. The van der Waals surface area contributed by atoms with E-state index < -0.39 is 5.97 Å². The molecule has 0 saturated carbocycles. The van der Waals surface area contributed by atoms with Crippen LogP contribution < -0.4 is 5.32 Å². The van der Waals surface area contributed by atoms with Crippen LogP contribution in [-0.2, 0) is 6.54 Å². The highest BCUT2D eigenvalue weighted by Crippen LogP contribution is 2.25. The van der Waals surface area contributed by atoms with Crippen molar-refractivity contribution in [3.63, 3.8) is 0 Å². The molecular formula is C13H15NO3. The maximum atomic E-state index is 11.3. The van der Waals surface area contributed by atoms with Gasteiger partial charge in [-0.3, -0.25) is 0 Å². The molecule has 17 heavy (non-hydrogen) atoms. The molecule has 2 N–H and O–H groups in total. The first kappa shape index (κ1) is 11.7. The Morgan fingerprint density at radius 1 is 1.41 bits per heavy atom. The molecule has 0 aliphatic carbocycles. The van der Waals surface area contributed by atoms with Gasteiger partial charge in [-0.25, -0.2) is 4.79 Å². The van der Waals surface area contributed by atoms with E-state index in [1.54, 1.807) is 12.1 Å². The summed E-state index contributed by atoms with van der Waals surface area (Å²) in [6.45, 7) is 4.43. The molecule has 1 aromatic carbocycles. The molecule has 0 fully saturated rings. The number of furan rings is 1. The van der Waals surface area contributed by atoms with Crippen LogP contribution in [0.4, 0.5) is 0 Å². The van der Waals surface area contributed by atoms with Gasteiger partial charge in [0.15, 0.2) is 0 Å². The van der Waals surface area contributed by atoms with Crippen molar-refractivity contribution in [3.05, 3.63) is 35.6 Å². The Labute approximate surface area is 99.2 Å². The van der Waals surface area contributed by atoms with Gasteiger partial charge in [0.2, 0.25) is 0 Å². The van der Waals surface area contributed by atoms with Crippen molar-refractivity contribution < 1.29 is 14.3 Å². The van der Waals surface area contributed by atoms with Gasteiger partial charge in [-0.1, -0.05) is 32.0 Å². The summed E-state index contributed by atoms with van der Waals surface area (Å²) >= 11 is 0. The summed E-state index contributed by atoms with van der Waals surface area (Å²) in [5.74, 6) is -0.470. The van der Waals surface area contributed by atoms with E-state index in [1.807, 2.05) is 26.0 Å². The molecule has 0 spiro atoms. The van der Waals surface area contributed by atoms with E-state index in [1.165, 1.54) is 0 Å². The van der Waals surface area contributed by atoms with Gasteiger partial charge in [-0.2, -0.15) is 0 Å². The summed E-state index contributed by atoms with van der Waals surface area (Å²) in [5, 5.41) is 13.0. The number of fused-ring (bicyclic) bond motifs is 1. The molecule has 0 aliphatic rings. The minimum absolute atomic E-state index is 0.258. The molecule has 90 valence electrons. The van der Waals surface area contributed by atoms with E-state index in [-0.39, 0.29) is 11.6 Å². The lowest BCUT2D eigenvalue weighted by Gasteiger charge is -2.06. The lowest BCUT2D eigenvalue weighted by molar-refractivity contribution is 0.0696. The van der Waals surface area contributed by atoms with Gasteiger partial charge in [0.05, 0.1) is 6.54 Å². The number of hydrogen-bond donors (Lipinski definition) is 2. The fourth-order valence-corrected chi connectivity index (χ4v) is 1.75. The molecule has 1 aromatic heterocycles. The van der Waals surface area contributed by atoms with E-state index in [0.717, 1.165) is 0 Å². The maximum absolute atomic E-state index is 11.3. The second-order valence-corrected chi connectivity index (χ2v) is 4.24. The zero-order valence-electron chi connectivity index (χ0n) is 9.86. The number of benzene rings is 1. The number of hydrogen-bond acceptors (Lipinski definition) is 3. The van der Waals surface area contributed by atoms with Crippen molar-refractivity contribution in [1.29, 1.82) is 0 Å². The largest absolute Gasteiger partial charge is 0.478 e. The summed E-state index contributed by atoms with van der Waals surface area (Å²) in [6, 6.07) is 7.47. The molecule has 2 aromatic rings. The van der Waals surface area contributed by atoms with E-state index >= 15 is 0 Å². The maximum Gasteiger partial charge on any atom is 0.339 e. The predicted octanol–water partition coefficient (Wildman–Crippen LogP) is 2.63. The fraction of sp³-hybridized carbons (Fsp3) is 0.308. The second-order valence-electron chi connectivity index (χ2n) is 4.24. The topological polar surface area (TPSA) is 62.5 Å². The van der Waals surface area contributed by atoms with E-state index in [9.17, 15) is 9.90 Å². The molecule has 4 nitrogen and oxygen atoms in total. The van der Waals surface area contributed by atoms with E-state index in [0.29, 0.717) is 23.3 Å². The van der Waals surface area contributed by atoms with Gasteiger partial charge < -0.3 is 14.8 Å². The number of carbonyl (C=O) groups is 1. The Morgan fingerprint density at radius 3 is 2.76 bits per heavy atom. The second kappa shape index (κ2) is 4.59. The summed E-state index contributed by atoms with van der Waals surface area (Å²) < 4.78 is 5.57. The number of carboxylic acids is 1. The minimum atomic E-state index is -0.949. The quantitative estimate of drug-likeness (QED) is 0.852. The average Bonchev–Trinajstić information content (AvgIpc) is 2.64. The molecule has 0 bridgehead atoms. The number of carboxylic acid groups (broad SMARTS) is 1. The average molecular weight is 233 g/mol. The lowest BCUT2D eigenvalue weighted by Crippen LogP contribution is -2.22. The molecule has 0 radical (unpaired) electrons. The first-order valence-electron chi connectivity index (χ1n) is 5.56. The Bertz CT molecular complexity index is 543.